The van der Waals surface area contributed by atoms with Gasteiger partial charge in [0.15, 0.2) is 11.5 Å². The van der Waals surface area contributed by atoms with E-state index in [0.29, 0.717) is 22.6 Å². The minimum Gasteiger partial charge on any atom is -0.493 e. The van der Waals surface area contributed by atoms with E-state index in [-0.39, 0.29) is 0 Å². The second kappa shape index (κ2) is 7.19. The first kappa shape index (κ1) is 15.5. The minimum absolute atomic E-state index is 0.347. The number of rotatable bonds is 8. The van der Waals surface area contributed by atoms with Crippen LogP contribution >= 0.6 is 11.6 Å². The first-order valence-electron chi connectivity index (χ1n) is 7.34. The molecule has 2 rings (SSSR count). The Balaban J connectivity index is 2.23. The van der Waals surface area contributed by atoms with Gasteiger partial charge in [-0.15, -0.1) is 0 Å². The second-order valence-corrected chi connectivity index (χ2v) is 5.83. The van der Waals surface area contributed by atoms with E-state index in [1.807, 2.05) is 12.1 Å². The van der Waals surface area contributed by atoms with E-state index in [1.165, 1.54) is 24.8 Å². The number of nitrogens with one attached hydrogen (secondary N) is 1. The molecule has 0 bridgehead atoms. The van der Waals surface area contributed by atoms with Crippen molar-refractivity contribution in [3.05, 3.63) is 22.7 Å². The van der Waals surface area contributed by atoms with Gasteiger partial charge in [0.2, 0.25) is 0 Å². The Hall–Kier alpha value is -0.930. The second-order valence-electron chi connectivity index (χ2n) is 5.42. The van der Waals surface area contributed by atoms with Gasteiger partial charge in [0, 0.05) is 6.04 Å². The molecule has 0 aliphatic heterocycles. The minimum atomic E-state index is 0.347. The van der Waals surface area contributed by atoms with Gasteiger partial charge in [0.1, 0.15) is 0 Å². The Bertz CT molecular complexity index is 446. The summed E-state index contributed by atoms with van der Waals surface area (Å²) < 4.78 is 10.7. The van der Waals surface area contributed by atoms with Crippen LogP contribution in [0.2, 0.25) is 5.02 Å². The lowest BCUT2D eigenvalue weighted by molar-refractivity contribution is 0.353. The summed E-state index contributed by atoms with van der Waals surface area (Å²) in [6, 6.07) is 4.39. The molecule has 0 heterocycles. The van der Waals surface area contributed by atoms with Crippen molar-refractivity contribution in [2.45, 2.75) is 38.6 Å². The summed E-state index contributed by atoms with van der Waals surface area (Å²) in [6.45, 7) is 3.20. The van der Waals surface area contributed by atoms with Crippen LogP contribution in [0.4, 0.5) is 0 Å². The van der Waals surface area contributed by atoms with Crippen LogP contribution in [-0.4, -0.2) is 20.8 Å². The molecule has 0 radical (unpaired) electrons. The fraction of sp³-hybridized carbons (Fsp3) is 0.625. The number of benzene rings is 1. The molecule has 1 N–H and O–H groups in total. The van der Waals surface area contributed by atoms with Crippen LogP contribution in [0.1, 0.15) is 44.2 Å². The summed E-state index contributed by atoms with van der Waals surface area (Å²) in [4.78, 5) is 0. The smallest absolute Gasteiger partial charge is 0.179 e. The highest BCUT2D eigenvalue weighted by atomic mass is 35.5. The molecule has 20 heavy (non-hydrogen) atoms. The molecule has 0 amide bonds. The quantitative estimate of drug-likeness (QED) is 0.780. The number of methoxy groups -OCH3 is 2. The molecule has 1 aliphatic rings. The number of hydrogen-bond donors (Lipinski definition) is 1. The lowest BCUT2D eigenvalue weighted by Gasteiger charge is -2.21. The molecule has 1 fully saturated rings. The number of ether oxygens (including phenoxy) is 2. The summed E-state index contributed by atoms with van der Waals surface area (Å²) in [5.41, 5.74) is 1.19. The largest absolute Gasteiger partial charge is 0.493 e. The van der Waals surface area contributed by atoms with Gasteiger partial charge in [-0.25, -0.2) is 0 Å². The molecular formula is C16H24ClNO2. The third-order valence-electron chi connectivity index (χ3n) is 3.76. The molecule has 0 spiro atoms. The SMILES string of the molecule is CCCNC(CC1CC1)c1cc(Cl)c(OC)c(OC)c1. The van der Waals surface area contributed by atoms with Crippen LogP contribution in [0.5, 0.6) is 11.5 Å². The molecule has 1 saturated carbocycles. The maximum atomic E-state index is 6.31. The summed E-state index contributed by atoms with van der Waals surface area (Å²) in [6.07, 6.45) is 5.00. The third kappa shape index (κ3) is 3.80. The van der Waals surface area contributed by atoms with Gasteiger partial charge in [-0.05, 0) is 43.0 Å². The molecular weight excluding hydrogens is 274 g/mol. The van der Waals surface area contributed by atoms with Crippen LogP contribution in [0.25, 0.3) is 0 Å². The van der Waals surface area contributed by atoms with Gasteiger partial charge in [-0.2, -0.15) is 0 Å². The zero-order valence-electron chi connectivity index (χ0n) is 12.5. The van der Waals surface area contributed by atoms with Crippen LogP contribution in [0, 0.1) is 5.92 Å². The molecule has 112 valence electrons. The van der Waals surface area contributed by atoms with Gasteiger partial charge in [0.25, 0.3) is 0 Å². The lowest BCUT2D eigenvalue weighted by Crippen LogP contribution is -2.22. The monoisotopic (exact) mass is 297 g/mol. The zero-order chi connectivity index (χ0) is 14.5. The highest BCUT2D eigenvalue weighted by molar-refractivity contribution is 6.32. The van der Waals surface area contributed by atoms with Crippen molar-refractivity contribution in [2.75, 3.05) is 20.8 Å². The first-order valence-corrected chi connectivity index (χ1v) is 7.72. The Labute approximate surface area is 126 Å². The summed E-state index contributed by atoms with van der Waals surface area (Å²) in [5.74, 6) is 2.17. The third-order valence-corrected chi connectivity index (χ3v) is 4.05. The van der Waals surface area contributed by atoms with Crippen molar-refractivity contribution >= 4 is 11.6 Å². The van der Waals surface area contributed by atoms with E-state index in [1.54, 1.807) is 14.2 Å². The van der Waals surface area contributed by atoms with E-state index in [4.69, 9.17) is 21.1 Å². The highest BCUT2D eigenvalue weighted by Gasteiger charge is 2.27. The standard InChI is InChI=1S/C16H24ClNO2/c1-4-7-18-14(8-11-5-6-11)12-9-13(17)16(20-3)15(10-12)19-2/h9-11,14,18H,4-8H2,1-3H3. The molecule has 1 atom stereocenters. The molecule has 1 unspecified atom stereocenters. The Morgan fingerprint density at radius 2 is 2.05 bits per heavy atom. The van der Waals surface area contributed by atoms with E-state index in [9.17, 15) is 0 Å². The van der Waals surface area contributed by atoms with Crippen molar-refractivity contribution in [3.8, 4) is 11.5 Å². The van der Waals surface area contributed by atoms with Crippen molar-refractivity contribution in [3.63, 3.8) is 0 Å². The normalized spacial score (nSPS) is 16.0. The van der Waals surface area contributed by atoms with Crippen molar-refractivity contribution in [2.24, 2.45) is 5.92 Å². The van der Waals surface area contributed by atoms with Crippen LogP contribution in [0.3, 0.4) is 0 Å². The van der Waals surface area contributed by atoms with Crippen molar-refractivity contribution < 1.29 is 9.47 Å². The van der Waals surface area contributed by atoms with Crippen molar-refractivity contribution in [1.29, 1.82) is 0 Å². The van der Waals surface area contributed by atoms with Gasteiger partial charge in [0.05, 0.1) is 19.2 Å². The Kier molecular flexibility index (Phi) is 5.55. The Morgan fingerprint density at radius 1 is 1.30 bits per heavy atom. The number of hydrogen-bond acceptors (Lipinski definition) is 3. The van der Waals surface area contributed by atoms with E-state index < -0.39 is 0 Å². The molecule has 1 aromatic rings. The predicted molar refractivity (Wildman–Crippen MR) is 82.9 cm³/mol. The predicted octanol–water partition coefficient (Wildman–Crippen LogP) is 4.20. The van der Waals surface area contributed by atoms with E-state index in [2.05, 4.69) is 12.2 Å². The molecule has 3 nitrogen and oxygen atoms in total. The van der Waals surface area contributed by atoms with Gasteiger partial charge >= 0.3 is 0 Å². The first-order chi connectivity index (χ1) is 9.69. The lowest BCUT2D eigenvalue weighted by atomic mass is 10.00. The van der Waals surface area contributed by atoms with Gasteiger partial charge in [-0.3, -0.25) is 0 Å². The molecule has 4 heteroatoms. The Morgan fingerprint density at radius 3 is 2.60 bits per heavy atom. The zero-order valence-corrected chi connectivity index (χ0v) is 13.3. The van der Waals surface area contributed by atoms with Gasteiger partial charge in [-0.1, -0.05) is 31.4 Å². The van der Waals surface area contributed by atoms with Crippen LogP contribution < -0.4 is 14.8 Å². The average Bonchev–Trinajstić information content (AvgIpc) is 3.26. The fourth-order valence-corrected chi connectivity index (χ4v) is 2.78. The maximum Gasteiger partial charge on any atom is 0.179 e. The van der Waals surface area contributed by atoms with Crippen LogP contribution in [0.15, 0.2) is 12.1 Å². The topological polar surface area (TPSA) is 30.5 Å². The molecule has 0 aromatic heterocycles. The van der Waals surface area contributed by atoms with Gasteiger partial charge < -0.3 is 14.8 Å². The van der Waals surface area contributed by atoms with E-state index >= 15 is 0 Å². The summed E-state index contributed by atoms with van der Waals surface area (Å²) in [5, 5.41) is 4.23. The highest BCUT2D eigenvalue weighted by Crippen LogP contribution is 2.42. The molecule has 1 aliphatic carbocycles. The number of halogens is 1. The van der Waals surface area contributed by atoms with Crippen molar-refractivity contribution in [1.82, 2.24) is 5.32 Å². The summed E-state index contributed by atoms with van der Waals surface area (Å²) >= 11 is 6.31. The summed E-state index contributed by atoms with van der Waals surface area (Å²) in [7, 11) is 3.26. The average molecular weight is 298 g/mol. The maximum absolute atomic E-state index is 6.31. The molecule has 1 aromatic carbocycles. The fourth-order valence-electron chi connectivity index (χ4n) is 2.48. The molecule has 0 saturated heterocycles. The van der Waals surface area contributed by atoms with E-state index in [0.717, 1.165) is 18.9 Å². The van der Waals surface area contributed by atoms with Crippen LogP contribution in [-0.2, 0) is 0 Å².